The first-order chi connectivity index (χ1) is 12.4. The third-order valence-electron chi connectivity index (χ3n) is 4.53. The minimum atomic E-state index is -4.55. The summed E-state index contributed by atoms with van der Waals surface area (Å²) in [6, 6.07) is 4.18. The summed E-state index contributed by atoms with van der Waals surface area (Å²) in [7, 11) is 0. The average molecular weight is 362 g/mol. The molecule has 5 rings (SSSR count). The maximum absolute atomic E-state index is 13.3. The molecule has 1 atom stereocenters. The number of benzene rings is 1. The van der Waals surface area contributed by atoms with Gasteiger partial charge in [-0.05, 0) is 25.0 Å². The summed E-state index contributed by atoms with van der Waals surface area (Å²) in [6.07, 6.45) is -0.414. The van der Waals surface area contributed by atoms with Crippen molar-refractivity contribution in [2.24, 2.45) is 0 Å². The Morgan fingerprint density at radius 1 is 1.23 bits per heavy atom. The second kappa shape index (κ2) is 5.07. The van der Waals surface area contributed by atoms with Crippen molar-refractivity contribution in [1.29, 1.82) is 0 Å². The second-order valence-corrected chi connectivity index (χ2v) is 6.39. The summed E-state index contributed by atoms with van der Waals surface area (Å²) < 4.78 is 42.8. The Morgan fingerprint density at radius 2 is 2.04 bits per heavy atom. The molecule has 1 saturated carbocycles. The number of anilines is 1. The molecule has 0 amide bonds. The van der Waals surface area contributed by atoms with E-state index >= 15 is 0 Å². The van der Waals surface area contributed by atoms with E-state index in [2.05, 4.69) is 20.5 Å². The largest absolute Gasteiger partial charge is 0.418 e. The number of halogens is 3. The third kappa shape index (κ3) is 2.29. The van der Waals surface area contributed by atoms with Gasteiger partial charge in [0.15, 0.2) is 11.6 Å². The number of rotatable bonds is 2. The van der Waals surface area contributed by atoms with Crippen LogP contribution >= 0.6 is 0 Å². The molecule has 0 saturated heterocycles. The predicted molar refractivity (Wildman–Crippen MR) is 84.8 cm³/mol. The molecule has 1 aliphatic carbocycles. The number of fused-ring (bicyclic) bond motifs is 3. The van der Waals surface area contributed by atoms with E-state index in [0.717, 1.165) is 18.9 Å². The van der Waals surface area contributed by atoms with E-state index in [4.69, 9.17) is 0 Å². The average Bonchev–Trinajstić information content (AvgIpc) is 3.15. The Labute approximate surface area is 145 Å². The number of alkyl halides is 3. The molecule has 26 heavy (non-hydrogen) atoms. The van der Waals surface area contributed by atoms with E-state index in [1.807, 2.05) is 10.9 Å². The van der Waals surface area contributed by atoms with Crippen molar-refractivity contribution in [3.05, 3.63) is 36.2 Å². The standard InChI is InChI=1S/C16H13F3N6O/c17-16(18,19)11-3-1-2-10-12(11)21-15(26)25-14(10)22-13(23-25)8-6-20-24(7-8)9-4-5-9/h1-3,6-7,9,15,21,26H,4-5H2. The van der Waals surface area contributed by atoms with Crippen LogP contribution in [0.25, 0.3) is 22.8 Å². The maximum Gasteiger partial charge on any atom is 0.418 e. The summed E-state index contributed by atoms with van der Waals surface area (Å²) in [4.78, 5) is 4.36. The number of nitrogens with one attached hydrogen (secondary N) is 1. The number of hydrogen-bond acceptors (Lipinski definition) is 5. The molecule has 2 N–H and O–H groups in total. The zero-order valence-corrected chi connectivity index (χ0v) is 13.3. The topological polar surface area (TPSA) is 80.8 Å². The van der Waals surface area contributed by atoms with Gasteiger partial charge in [-0.2, -0.15) is 23.0 Å². The molecule has 3 aromatic rings. The minimum absolute atomic E-state index is 0.173. The number of aromatic nitrogens is 5. The van der Waals surface area contributed by atoms with Gasteiger partial charge in [0.05, 0.1) is 29.1 Å². The molecule has 0 bridgehead atoms. The van der Waals surface area contributed by atoms with Crippen LogP contribution in [0.15, 0.2) is 30.6 Å². The lowest BCUT2D eigenvalue weighted by molar-refractivity contribution is -0.137. The van der Waals surface area contributed by atoms with Gasteiger partial charge in [-0.3, -0.25) is 4.68 Å². The van der Waals surface area contributed by atoms with Gasteiger partial charge in [-0.25, -0.2) is 4.98 Å². The van der Waals surface area contributed by atoms with Crippen molar-refractivity contribution < 1.29 is 18.3 Å². The van der Waals surface area contributed by atoms with Crippen LogP contribution < -0.4 is 5.32 Å². The fraction of sp³-hybridized carbons (Fsp3) is 0.312. The first-order valence-corrected chi connectivity index (χ1v) is 8.08. The van der Waals surface area contributed by atoms with Crippen LogP contribution in [0.3, 0.4) is 0 Å². The SMILES string of the molecule is OC1Nc2c(cccc2C(F)(F)F)-c2nc(-c3cnn(C4CC4)c3)nn21. The fourth-order valence-corrected chi connectivity index (χ4v) is 3.11. The fourth-order valence-electron chi connectivity index (χ4n) is 3.11. The normalized spacial score (nSPS) is 19.0. The Hall–Kier alpha value is -2.88. The van der Waals surface area contributed by atoms with Crippen LogP contribution in [-0.2, 0) is 6.18 Å². The number of aliphatic hydroxyl groups is 1. The van der Waals surface area contributed by atoms with Crippen LogP contribution in [0, 0.1) is 0 Å². The van der Waals surface area contributed by atoms with Crippen LogP contribution in [0.5, 0.6) is 0 Å². The van der Waals surface area contributed by atoms with Gasteiger partial charge in [-0.15, -0.1) is 5.10 Å². The van der Waals surface area contributed by atoms with Crippen molar-refractivity contribution >= 4 is 5.69 Å². The van der Waals surface area contributed by atoms with Crippen LogP contribution in [-0.4, -0.2) is 29.7 Å². The summed E-state index contributed by atoms with van der Waals surface area (Å²) >= 11 is 0. The first-order valence-electron chi connectivity index (χ1n) is 8.08. The number of para-hydroxylation sites is 1. The van der Waals surface area contributed by atoms with E-state index in [-0.39, 0.29) is 17.1 Å². The molecular weight excluding hydrogens is 349 g/mol. The molecule has 134 valence electrons. The van der Waals surface area contributed by atoms with E-state index < -0.39 is 18.1 Å². The van der Waals surface area contributed by atoms with Gasteiger partial charge >= 0.3 is 6.18 Å². The van der Waals surface area contributed by atoms with Crippen molar-refractivity contribution in [3.8, 4) is 22.8 Å². The van der Waals surface area contributed by atoms with Crippen LogP contribution in [0.1, 0.15) is 30.8 Å². The van der Waals surface area contributed by atoms with E-state index in [1.54, 1.807) is 6.20 Å². The van der Waals surface area contributed by atoms with Crippen molar-refractivity contribution in [2.45, 2.75) is 31.4 Å². The summed E-state index contributed by atoms with van der Waals surface area (Å²) in [5, 5.41) is 21.2. The number of aliphatic hydroxyl groups excluding tert-OH is 1. The monoisotopic (exact) mass is 362 g/mol. The van der Waals surface area contributed by atoms with Crippen molar-refractivity contribution in [2.75, 3.05) is 5.32 Å². The first kappa shape index (κ1) is 15.4. The van der Waals surface area contributed by atoms with Gasteiger partial charge in [0, 0.05) is 11.8 Å². The highest BCUT2D eigenvalue weighted by molar-refractivity contribution is 5.79. The molecule has 3 heterocycles. The summed E-state index contributed by atoms with van der Waals surface area (Å²) in [5.74, 6) is 0.476. The van der Waals surface area contributed by atoms with Gasteiger partial charge < -0.3 is 10.4 Å². The van der Waals surface area contributed by atoms with Gasteiger partial charge in [0.2, 0.25) is 6.35 Å². The lowest BCUT2D eigenvalue weighted by Gasteiger charge is -2.26. The van der Waals surface area contributed by atoms with E-state index in [9.17, 15) is 18.3 Å². The Balaban J connectivity index is 1.62. The smallest absolute Gasteiger partial charge is 0.355 e. The summed E-state index contributed by atoms with van der Waals surface area (Å²) in [5.41, 5.74) is -0.169. The van der Waals surface area contributed by atoms with Gasteiger partial charge in [0.1, 0.15) is 0 Å². The van der Waals surface area contributed by atoms with Crippen molar-refractivity contribution in [1.82, 2.24) is 24.5 Å². The Morgan fingerprint density at radius 3 is 2.77 bits per heavy atom. The Bertz CT molecular complexity index is 1000. The molecular formula is C16H13F3N6O. The quantitative estimate of drug-likeness (QED) is 0.732. The van der Waals surface area contributed by atoms with Crippen LogP contribution in [0.2, 0.25) is 0 Å². The highest BCUT2D eigenvalue weighted by atomic mass is 19.4. The zero-order chi connectivity index (χ0) is 18.1. The van der Waals surface area contributed by atoms with Crippen LogP contribution in [0.4, 0.5) is 18.9 Å². The molecule has 1 fully saturated rings. The van der Waals surface area contributed by atoms with E-state index in [1.165, 1.54) is 16.8 Å². The molecule has 2 aliphatic rings. The molecule has 1 unspecified atom stereocenters. The molecule has 7 nitrogen and oxygen atoms in total. The lowest BCUT2D eigenvalue weighted by atomic mass is 10.0. The highest BCUT2D eigenvalue weighted by Gasteiger charge is 2.38. The molecule has 0 spiro atoms. The number of nitrogens with zero attached hydrogens (tertiary/aromatic N) is 5. The lowest BCUT2D eigenvalue weighted by Crippen LogP contribution is -2.26. The summed E-state index contributed by atoms with van der Waals surface area (Å²) in [6.45, 7) is 0. The molecule has 1 aromatic carbocycles. The predicted octanol–water partition coefficient (Wildman–Crippen LogP) is 3.04. The zero-order valence-electron chi connectivity index (χ0n) is 13.3. The molecule has 0 radical (unpaired) electrons. The highest BCUT2D eigenvalue weighted by Crippen LogP contribution is 2.43. The van der Waals surface area contributed by atoms with Gasteiger partial charge in [0.25, 0.3) is 0 Å². The van der Waals surface area contributed by atoms with E-state index in [0.29, 0.717) is 17.4 Å². The number of hydrogen-bond donors (Lipinski definition) is 2. The van der Waals surface area contributed by atoms with Gasteiger partial charge in [-0.1, -0.05) is 6.07 Å². The second-order valence-electron chi connectivity index (χ2n) is 6.39. The Kier molecular flexibility index (Phi) is 3.00. The molecule has 1 aliphatic heterocycles. The maximum atomic E-state index is 13.3. The molecule has 2 aromatic heterocycles. The minimum Gasteiger partial charge on any atom is -0.355 e. The molecule has 10 heteroatoms. The third-order valence-corrected chi connectivity index (χ3v) is 4.53. The van der Waals surface area contributed by atoms with Crippen molar-refractivity contribution in [3.63, 3.8) is 0 Å².